The van der Waals surface area contributed by atoms with Crippen LogP contribution in [0.2, 0.25) is 5.02 Å². The third-order valence-electron chi connectivity index (χ3n) is 2.35. The fraction of sp³-hybridized carbons (Fsp3) is 0.231. The number of H-pyrrole nitrogens is 1. The van der Waals surface area contributed by atoms with Crippen LogP contribution in [0.4, 0.5) is 0 Å². The maximum absolute atomic E-state index is 6.11. The number of benzene rings is 1. The first kappa shape index (κ1) is 14.5. The van der Waals surface area contributed by atoms with E-state index in [1.54, 1.807) is 18.9 Å². The molecule has 2 rings (SSSR count). The van der Waals surface area contributed by atoms with Crippen molar-refractivity contribution in [3.05, 3.63) is 51.5 Å². The van der Waals surface area contributed by atoms with Crippen molar-refractivity contribution in [1.82, 2.24) is 9.97 Å². The van der Waals surface area contributed by atoms with Crippen LogP contribution in [-0.4, -0.2) is 17.1 Å². The summed E-state index contributed by atoms with van der Waals surface area (Å²) in [7, 11) is 1.65. The Labute approximate surface area is 126 Å². The molecule has 1 heterocycles. The van der Waals surface area contributed by atoms with E-state index in [2.05, 4.69) is 9.97 Å². The van der Waals surface area contributed by atoms with Gasteiger partial charge in [-0.2, -0.15) is 0 Å². The average molecular weight is 313 g/mol. The minimum Gasteiger partial charge on any atom is -0.378 e. The van der Waals surface area contributed by atoms with Crippen molar-refractivity contribution in [2.75, 3.05) is 7.11 Å². The van der Waals surface area contributed by atoms with Gasteiger partial charge in [0.05, 0.1) is 17.4 Å². The molecule has 0 atom stereocenters. The molecule has 3 nitrogen and oxygen atoms in total. The van der Waals surface area contributed by atoms with Gasteiger partial charge in [0, 0.05) is 17.7 Å². The van der Waals surface area contributed by atoms with E-state index in [1.807, 2.05) is 30.3 Å². The smallest absolute Gasteiger partial charge is 0.130 e. The lowest BCUT2D eigenvalue weighted by Gasteiger charge is -2.06. The molecule has 0 aliphatic heterocycles. The molecule has 0 radical (unpaired) electrons. The van der Waals surface area contributed by atoms with Crippen LogP contribution in [0.3, 0.4) is 0 Å². The summed E-state index contributed by atoms with van der Waals surface area (Å²) in [5.41, 5.74) is 0.928. The van der Waals surface area contributed by atoms with Gasteiger partial charge in [-0.25, -0.2) is 4.98 Å². The zero-order chi connectivity index (χ0) is 13.7. The van der Waals surface area contributed by atoms with Gasteiger partial charge in [0.15, 0.2) is 0 Å². The molecular weight excluding hydrogens is 300 g/mol. The molecule has 1 N–H and O–H groups in total. The molecule has 1 aromatic carbocycles. The second kappa shape index (κ2) is 7.05. The first-order valence-corrected chi connectivity index (χ1v) is 7.41. The number of thioether (sulfide) groups is 1. The van der Waals surface area contributed by atoms with Crippen molar-refractivity contribution in [3.8, 4) is 0 Å². The van der Waals surface area contributed by atoms with E-state index in [1.165, 1.54) is 0 Å². The van der Waals surface area contributed by atoms with E-state index in [0.717, 1.165) is 21.4 Å². The number of hydrogen-bond donors (Lipinski definition) is 1. The fourth-order valence-electron chi connectivity index (χ4n) is 1.57. The van der Waals surface area contributed by atoms with Crippen molar-refractivity contribution in [3.63, 3.8) is 0 Å². The van der Waals surface area contributed by atoms with Crippen LogP contribution in [0.1, 0.15) is 11.5 Å². The quantitative estimate of drug-likeness (QED) is 0.662. The molecule has 0 saturated carbocycles. The average Bonchev–Trinajstić information content (AvgIpc) is 2.37. The summed E-state index contributed by atoms with van der Waals surface area (Å²) in [6.45, 7) is 0.496. The number of halogens is 1. The highest BCUT2D eigenvalue weighted by molar-refractivity contribution is 7.98. The molecule has 1 aromatic heterocycles. The molecule has 0 spiro atoms. The third-order valence-corrected chi connectivity index (χ3v) is 4.08. The lowest BCUT2D eigenvalue weighted by atomic mass is 10.4. The molecule has 6 heteroatoms. The molecule has 0 unspecified atom stereocenters. The summed E-state index contributed by atoms with van der Waals surface area (Å²) in [5.74, 6) is 1.51. The maximum Gasteiger partial charge on any atom is 0.130 e. The van der Waals surface area contributed by atoms with Gasteiger partial charge < -0.3 is 9.72 Å². The van der Waals surface area contributed by atoms with Crippen LogP contribution in [-0.2, 0) is 17.1 Å². The molecule has 0 bridgehead atoms. The Hall–Kier alpha value is -0.880. The SMILES string of the molecule is COCc1cc(=S)nc(CSc2ccccc2Cl)[nH]1. The van der Waals surface area contributed by atoms with Crippen LogP contribution in [0.25, 0.3) is 0 Å². The topological polar surface area (TPSA) is 37.9 Å². The van der Waals surface area contributed by atoms with Gasteiger partial charge in [-0.15, -0.1) is 11.8 Å². The zero-order valence-corrected chi connectivity index (χ0v) is 12.7. The summed E-state index contributed by atoms with van der Waals surface area (Å²) in [6, 6.07) is 9.55. The van der Waals surface area contributed by atoms with Crippen molar-refractivity contribution < 1.29 is 4.74 Å². The minimum absolute atomic E-state index is 0.496. The molecular formula is C13H13ClN2OS2. The van der Waals surface area contributed by atoms with Gasteiger partial charge in [-0.1, -0.05) is 36.0 Å². The summed E-state index contributed by atoms with van der Waals surface area (Å²) in [4.78, 5) is 8.54. The Balaban J connectivity index is 2.11. The fourth-order valence-corrected chi connectivity index (χ4v) is 2.93. The van der Waals surface area contributed by atoms with E-state index in [-0.39, 0.29) is 0 Å². The highest BCUT2D eigenvalue weighted by Gasteiger charge is 2.03. The molecule has 0 amide bonds. The van der Waals surface area contributed by atoms with Crippen molar-refractivity contribution in [1.29, 1.82) is 0 Å². The van der Waals surface area contributed by atoms with Crippen LogP contribution < -0.4 is 0 Å². The number of methoxy groups -OCH3 is 1. The molecule has 2 aromatic rings. The van der Waals surface area contributed by atoms with Gasteiger partial charge in [0.2, 0.25) is 0 Å². The number of rotatable bonds is 5. The minimum atomic E-state index is 0.496. The number of aromatic nitrogens is 2. The van der Waals surface area contributed by atoms with Crippen LogP contribution >= 0.6 is 35.6 Å². The Morgan fingerprint density at radius 3 is 2.95 bits per heavy atom. The van der Waals surface area contributed by atoms with Gasteiger partial charge in [0.1, 0.15) is 10.5 Å². The van der Waals surface area contributed by atoms with E-state index in [9.17, 15) is 0 Å². The highest BCUT2D eigenvalue weighted by atomic mass is 35.5. The summed E-state index contributed by atoms with van der Waals surface area (Å²) < 4.78 is 5.66. The lowest BCUT2D eigenvalue weighted by molar-refractivity contribution is 0.181. The number of nitrogens with one attached hydrogen (secondary N) is 1. The van der Waals surface area contributed by atoms with E-state index < -0.39 is 0 Å². The molecule has 100 valence electrons. The van der Waals surface area contributed by atoms with Crippen LogP contribution in [0.5, 0.6) is 0 Å². The van der Waals surface area contributed by atoms with E-state index in [0.29, 0.717) is 17.0 Å². The number of nitrogens with zero attached hydrogens (tertiary/aromatic N) is 1. The largest absolute Gasteiger partial charge is 0.378 e. The Bertz CT molecular complexity index is 616. The molecule has 0 saturated heterocycles. The first-order valence-electron chi connectivity index (χ1n) is 5.64. The van der Waals surface area contributed by atoms with Crippen LogP contribution in [0.15, 0.2) is 35.2 Å². The highest BCUT2D eigenvalue weighted by Crippen LogP contribution is 2.28. The number of ether oxygens (including phenoxy) is 1. The summed E-state index contributed by atoms with van der Waals surface area (Å²) in [6.07, 6.45) is 0. The van der Waals surface area contributed by atoms with Crippen molar-refractivity contribution >= 4 is 35.6 Å². The maximum atomic E-state index is 6.11. The van der Waals surface area contributed by atoms with E-state index >= 15 is 0 Å². The Kier molecular flexibility index (Phi) is 5.39. The predicted molar refractivity (Wildman–Crippen MR) is 81.1 cm³/mol. The summed E-state index contributed by atoms with van der Waals surface area (Å²) in [5, 5.41) is 0.749. The molecule has 0 fully saturated rings. The second-order valence-electron chi connectivity index (χ2n) is 3.84. The Morgan fingerprint density at radius 2 is 2.21 bits per heavy atom. The van der Waals surface area contributed by atoms with E-state index in [4.69, 9.17) is 28.6 Å². The second-order valence-corrected chi connectivity index (χ2v) is 5.69. The summed E-state index contributed by atoms with van der Waals surface area (Å²) >= 11 is 12.9. The molecule has 0 aliphatic carbocycles. The van der Waals surface area contributed by atoms with Gasteiger partial charge in [-0.05, 0) is 18.2 Å². The standard InChI is InChI=1S/C13H13ClN2OS2/c1-17-7-9-6-13(18)16-12(15-9)8-19-11-5-3-2-4-10(11)14/h2-6H,7-8H2,1H3,(H,15,16,18). The third kappa shape index (κ3) is 4.31. The Morgan fingerprint density at radius 1 is 1.42 bits per heavy atom. The molecule has 0 aliphatic rings. The van der Waals surface area contributed by atoms with Crippen molar-refractivity contribution in [2.45, 2.75) is 17.3 Å². The van der Waals surface area contributed by atoms with Crippen LogP contribution in [0, 0.1) is 4.64 Å². The van der Waals surface area contributed by atoms with Gasteiger partial charge >= 0.3 is 0 Å². The number of hydrogen-bond acceptors (Lipinski definition) is 4. The predicted octanol–water partition coefficient (Wildman–Crippen LogP) is 4.23. The van der Waals surface area contributed by atoms with Gasteiger partial charge in [-0.3, -0.25) is 0 Å². The van der Waals surface area contributed by atoms with Gasteiger partial charge in [0.25, 0.3) is 0 Å². The number of aromatic amines is 1. The lowest BCUT2D eigenvalue weighted by Crippen LogP contribution is -1.99. The first-order chi connectivity index (χ1) is 9.19. The van der Waals surface area contributed by atoms with Crippen molar-refractivity contribution in [2.24, 2.45) is 0 Å². The normalized spacial score (nSPS) is 10.6. The monoisotopic (exact) mass is 312 g/mol. The molecule has 19 heavy (non-hydrogen) atoms. The zero-order valence-electron chi connectivity index (χ0n) is 10.4.